The zero-order valence-electron chi connectivity index (χ0n) is 11.1. The Labute approximate surface area is 121 Å². The third-order valence-corrected chi connectivity index (χ3v) is 2.64. The van der Waals surface area contributed by atoms with Crippen LogP contribution in [0.2, 0.25) is 0 Å². The van der Waals surface area contributed by atoms with Gasteiger partial charge >= 0.3 is 0 Å². The summed E-state index contributed by atoms with van der Waals surface area (Å²) in [6.07, 6.45) is 5.23. The fraction of sp³-hybridized carbons (Fsp3) is 0.176. The minimum Gasteiger partial charge on any atom is -0.493 e. The van der Waals surface area contributed by atoms with E-state index in [1.54, 1.807) is 0 Å². The van der Waals surface area contributed by atoms with Crippen molar-refractivity contribution in [2.45, 2.75) is 13.3 Å². The van der Waals surface area contributed by atoms with E-state index in [1.807, 2.05) is 36.4 Å². The summed E-state index contributed by atoms with van der Waals surface area (Å²) in [6, 6.07) is 18.4. The molecule has 0 amide bonds. The predicted molar refractivity (Wildman–Crippen MR) is 84.8 cm³/mol. The molecule has 0 aromatic heterocycles. The van der Waals surface area contributed by atoms with Crippen LogP contribution in [0, 0.1) is 0 Å². The van der Waals surface area contributed by atoms with Crippen molar-refractivity contribution in [3.05, 3.63) is 65.7 Å². The minimum absolute atomic E-state index is 0. The first-order valence-electron chi connectivity index (χ1n) is 6.35. The van der Waals surface area contributed by atoms with Crippen LogP contribution in [-0.4, -0.2) is 6.61 Å². The van der Waals surface area contributed by atoms with Crippen molar-refractivity contribution in [2.24, 2.45) is 0 Å². The molecule has 0 aliphatic heterocycles. The molecule has 2 aromatic rings. The summed E-state index contributed by atoms with van der Waals surface area (Å²) in [4.78, 5) is 0. The topological polar surface area (TPSA) is 9.23 Å². The molecule has 2 heteroatoms. The van der Waals surface area contributed by atoms with Crippen molar-refractivity contribution >= 4 is 24.6 Å². The Morgan fingerprint density at radius 3 is 2.32 bits per heavy atom. The third-order valence-electron chi connectivity index (χ3n) is 2.64. The van der Waals surface area contributed by atoms with Gasteiger partial charge in [-0.05, 0) is 18.1 Å². The van der Waals surface area contributed by atoms with E-state index >= 15 is 0 Å². The van der Waals surface area contributed by atoms with E-state index in [-0.39, 0.29) is 12.4 Å². The van der Waals surface area contributed by atoms with Crippen molar-refractivity contribution < 1.29 is 4.74 Å². The molecule has 2 rings (SSSR count). The van der Waals surface area contributed by atoms with Crippen LogP contribution in [0.25, 0.3) is 12.2 Å². The molecule has 0 atom stereocenters. The fourth-order valence-corrected chi connectivity index (χ4v) is 1.71. The van der Waals surface area contributed by atoms with Crippen LogP contribution in [0.5, 0.6) is 5.75 Å². The summed E-state index contributed by atoms with van der Waals surface area (Å²) in [5.74, 6) is 0.950. The first kappa shape index (κ1) is 15.3. The molecule has 0 bridgehead atoms. The highest BCUT2D eigenvalue weighted by Crippen LogP contribution is 2.20. The number of benzene rings is 2. The van der Waals surface area contributed by atoms with Crippen LogP contribution in [-0.2, 0) is 0 Å². The number of ether oxygens (including phenoxy) is 1. The van der Waals surface area contributed by atoms with Crippen LogP contribution in [0.15, 0.2) is 54.6 Å². The van der Waals surface area contributed by atoms with Gasteiger partial charge in [0.2, 0.25) is 0 Å². The molecule has 0 saturated carbocycles. The number of rotatable bonds is 5. The van der Waals surface area contributed by atoms with Gasteiger partial charge in [0.15, 0.2) is 0 Å². The summed E-state index contributed by atoms with van der Waals surface area (Å²) in [5.41, 5.74) is 2.32. The normalized spacial score (nSPS) is 10.2. The van der Waals surface area contributed by atoms with Gasteiger partial charge in [0.05, 0.1) is 6.61 Å². The lowest BCUT2D eigenvalue weighted by Crippen LogP contribution is -1.96. The molecule has 0 fully saturated rings. The molecule has 19 heavy (non-hydrogen) atoms. The standard InChI is InChI=1S/C17H18O.ClH/c1-2-14-18-17-11-7-6-10-16(17)13-12-15-8-4-3-5-9-15;/h3-13H,2,14H2,1H3;1H. The third kappa shape index (κ3) is 4.80. The van der Waals surface area contributed by atoms with Gasteiger partial charge in [-0.2, -0.15) is 0 Å². The van der Waals surface area contributed by atoms with Gasteiger partial charge in [0, 0.05) is 5.56 Å². The smallest absolute Gasteiger partial charge is 0.126 e. The first-order chi connectivity index (χ1) is 8.90. The Kier molecular flexibility index (Phi) is 6.76. The predicted octanol–water partition coefficient (Wildman–Crippen LogP) is 5.07. The maximum absolute atomic E-state index is 5.72. The average Bonchev–Trinajstić information content (AvgIpc) is 2.45. The molecular formula is C17H19ClO. The average molecular weight is 275 g/mol. The summed E-state index contributed by atoms with van der Waals surface area (Å²) in [5, 5.41) is 0. The lowest BCUT2D eigenvalue weighted by Gasteiger charge is -2.07. The summed E-state index contributed by atoms with van der Waals surface area (Å²) < 4.78 is 5.72. The summed E-state index contributed by atoms with van der Waals surface area (Å²) in [6.45, 7) is 2.87. The molecule has 2 aromatic carbocycles. The zero-order chi connectivity index (χ0) is 12.6. The van der Waals surface area contributed by atoms with Crippen LogP contribution in [0.3, 0.4) is 0 Å². The van der Waals surface area contributed by atoms with Crippen molar-refractivity contribution in [2.75, 3.05) is 6.61 Å². The van der Waals surface area contributed by atoms with Crippen LogP contribution in [0.4, 0.5) is 0 Å². The van der Waals surface area contributed by atoms with E-state index < -0.39 is 0 Å². The maximum atomic E-state index is 5.72. The second-order valence-corrected chi connectivity index (χ2v) is 4.13. The highest BCUT2D eigenvalue weighted by Gasteiger charge is 1.98. The lowest BCUT2D eigenvalue weighted by molar-refractivity contribution is 0.317. The van der Waals surface area contributed by atoms with Crippen molar-refractivity contribution in [3.63, 3.8) is 0 Å². The van der Waals surface area contributed by atoms with E-state index in [9.17, 15) is 0 Å². The van der Waals surface area contributed by atoms with E-state index in [4.69, 9.17) is 4.74 Å². The largest absolute Gasteiger partial charge is 0.493 e. The van der Waals surface area contributed by atoms with Gasteiger partial charge in [-0.15, -0.1) is 12.4 Å². The highest BCUT2D eigenvalue weighted by atomic mass is 35.5. The molecule has 0 spiro atoms. The van der Waals surface area contributed by atoms with Gasteiger partial charge in [0.25, 0.3) is 0 Å². The molecule has 100 valence electrons. The second kappa shape index (κ2) is 8.39. The SMILES string of the molecule is CCCOc1ccccc1C=Cc1ccccc1.Cl. The van der Waals surface area contributed by atoms with Gasteiger partial charge in [-0.3, -0.25) is 0 Å². The van der Waals surface area contributed by atoms with Crippen LogP contribution in [0.1, 0.15) is 24.5 Å². The quantitative estimate of drug-likeness (QED) is 0.692. The Bertz CT molecular complexity index is 506. The van der Waals surface area contributed by atoms with E-state index in [0.29, 0.717) is 0 Å². The molecule has 0 saturated heterocycles. The maximum Gasteiger partial charge on any atom is 0.126 e. The Morgan fingerprint density at radius 1 is 0.895 bits per heavy atom. The second-order valence-electron chi connectivity index (χ2n) is 4.13. The van der Waals surface area contributed by atoms with Crippen molar-refractivity contribution in [1.29, 1.82) is 0 Å². The van der Waals surface area contributed by atoms with Crippen LogP contribution < -0.4 is 4.74 Å². The molecule has 0 N–H and O–H groups in total. The molecule has 0 unspecified atom stereocenters. The minimum atomic E-state index is 0. The number of hydrogen-bond acceptors (Lipinski definition) is 1. The Balaban J connectivity index is 0.00000180. The number of halogens is 1. The Morgan fingerprint density at radius 2 is 1.58 bits per heavy atom. The van der Waals surface area contributed by atoms with Crippen molar-refractivity contribution in [1.82, 2.24) is 0 Å². The molecule has 0 heterocycles. The van der Waals surface area contributed by atoms with Crippen LogP contribution >= 0.6 is 12.4 Å². The van der Waals surface area contributed by atoms with Gasteiger partial charge < -0.3 is 4.74 Å². The number of para-hydroxylation sites is 1. The first-order valence-corrected chi connectivity index (χ1v) is 6.35. The molecule has 1 nitrogen and oxygen atoms in total. The van der Waals surface area contributed by atoms with E-state index in [0.717, 1.165) is 24.3 Å². The van der Waals surface area contributed by atoms with E-state index in [2.05, 4.69) is 37.3 Å². The molecule has 0 aliphatic carbocycles. The van der Waals surface area contributed by atoms with E-state index in [1.165, 1.54) is 5.56 Å². The fourth-order valence-electron chi connectivity index (χ4n) is 1.71. The Hall–Kier alpha value is -1.73. The number of hydrogen-bond donors (Lipinski definition) is 0. The van der Waals surface area contributed by atoms with Gasteiger partial charge in [0.1, 0.15) is 5.75 Å². The molecule has 0 radical (unpaired) electrons. The summed E-state index contributed by atoms with van der Waals surface area (Å²) in [7, 11) is 0. The van der Waals surface area contributed by atoms with Crippen molar-refractivity contribution in [3.8, 4) is 5.75 Å². The molecule has 0 aliphatic rings. The monoisotopic (exact) mass is 274 g/mol. The highest BCUT2D eigenvalue weighted by molar-refractivity contribution is 5.85. The summed E-state index contributed by atoms with van der Waals surface area (Å²) >= 11 is 0. The van der Waals surface area contributed by atoms with Gasteiger partial charge in [-0.25, -0.2) is 0 Å². The lowest BCUT2D eigenvalue weighted by atomic mass is 10.1. The molecular weight excluding hydrogens is 256 g/mol. The van der Waals surface area contributed by atoms with Gasteiger partial charge in [-0.1, -0.05) is 67.6 Å². The zero-order valence-corrected chi connectivity index (χ0v) is 11.9.